The highest BCUT2D eigenvalue weighted by atomic mass is 16.5. The number of benzene rings is 1. The molecule has 0 bridgehead atoms. The van der Waals surface area contributed by atoms with E-state index in [2.05, 4.69) is 25.8 Å². The number of aryl methyl sites for hydroxylation is 1. The van der Waals surface area contributed by atoms with Gasteiger partial charge >= 0.3 is 5.69 Å². The van der Waals surface area contributed by atoms with Gasteiger partial charge in [-0.05, 0) is 35.7 Å². The lowest BCUT2D eigenvalue weighted by Gasteiger charge is -2.18. The first-order chi connectivity index (χ1) is 14.2. The molecule has 154 valence electrons. The van der Waals surface area contributed by atoms with Crippen molar-refractivity contribution in [2.24, 2.45) is 12.5 Å². The van der Waals surface area contributed by atoms with E-state index in [0.29, 0.717) is 29.5 Å². The van der Waals surface area contributed by atoms with Crippen LogP contribution in [0.3, 0.4) is 0 Å². The largest absolute Gasteiger partial charge is 0.439 e. The van der Waals surface area contributed by atoms with Crippen LogP contribution in [0.4, 0.5) is 5.69 Å². The molecule has 7 heteroatoms. The van der Waals surface area contributed by atoms with Crippen molar-refractivity contribution in [1.29, 1.82) is 0 Å². The van der Waals surface area contributed by atoms with E-state index in [9.17, 15) is 4.79 Å². The summed E-state index contributed by atoms with van der Waals surface area (Å²) in [5.41, 5.74) is 9.44. The van der Waals surface area contributed by atoms with Gasteiger partial charge in [-0.3, -0.25) is 9.13 Å². The van der Waals surface area contributed by atoms with Crippen molar-refractivity contribution >= 4 is 16.9 Å². The minimum atomic E-state index is -0.0607. The summed E-state index contributed by atoms with van der Waals surface area (Å²) >= 11 is 0. The smallest absolute Gasteiger partial charge is 0.330 e. The number of hydrogen-bond acceptors (Lipinski definition) is 5. The average molecular weight is 403 g/mol. The Kier molecular flexibility index (Phi) is 4.81. The molecule has 4 rings (SSSR count). The Morgan fingerprint density at radius 1 is 1.10 bits per heavy atom. The maximum Gasteiger partial charge on any atom is 0.330 e. The van der Waals surface area contributed by atoms with Gasteiger partial charge in [0.15, 0.2) is 5.65 Å². The zero-order valence-electron chi connectivity index (χ0n) is 17.6. The SMILES string of the molecule is Cn1c(=O)n(CC(C)(C)C)c2ccc(-c3cccc(Oc4cc(N)ccn4)c3)nc21. The molecule has 0 saturated carbocycles. The monoisotopic (exact) mass is 403 g/mol. The van der Waals surface area contributed by atoms with Crippen LogP contribution >= 0.6 is 0 Å². The number of nitrogens with zero attached hydrogens (tertiary/aromatic N) is 4. The van der Waals surface area contributed by atoms with E-state index in [1.807, 2.05) is 36.4 Å². The van der Waals surface area contributed by atoms with Crippen LogP contribution in [0.25, 0.3) is 22.4 Å². The third kappa shape index (κ3) is 3.91. The van der Waals surface area contributed by atoms with Crippen molar-refractivity contribution in [2.45, 2.75) is 27.3 Å². The molecule has 0 aliphatic rings. The summed E-state index contributed by atoms with van der Waals surface area (Å²) in [5, 5.41) is 0. The predicted octanol–water partition coefficient (Wildman–Crippen LogP) is 4.22. The Morgan fingerprint density at radius 2 is 1.90 bits per heavy atom. The molecule has 30 heavy (non-hydrogen) atoms. The lowest BCUT2D eigenvalue weighted by molar-refractivity contribution is 0.342. The van der Waals surface area contributed by atoms with Crippen molar-refractivity contribution in [3.8, 4) is 22.9 Å². The van der Waals surface area contributed by atoms with E-state index >= 15 is 0 Å². The van der Waals surface area contributed by atoms with Crippen LogP contribution in [0.15, 0.2) is 59.5 Å². The molecule has 0 radical (unpaired) electrons. The molecule has 0 unspecified atom stereocenters. The Hall–Kier alpha value is -3.61. The maximum atomic E-state index is 12.7. The standard InChI is InChI=1S/C23H25N5O2/c1-23(2,3)14-28-19-9-8-18(26-21(19)27(4)22(28)29)15-6-5-7-17(12-15)30-20-13-16(24)10-11-25-20/h5-13H,14H2,1-4H3,(H2,24,25). The first kappa shape index (κ1) is 19.7. The van der Waals surface area contributed by atoms with E-state index in [0.717, 1.165) is 16.8 Å². The van der Waals surface area contributed by atoms with Gasteiger partial charge < -0.3 is 10.5 Å². The lowest BCUT2D eigenvalue weighted by Crippen LogP contribution is -2.27. The van der Waals surface area contributed by atoms with Gasteiger partial charge in [0, 0.05) is 37.1 Å². The number of pyridine rings is 2. The molecule has 0 aliphatic carbocycles. The van der Waals surface area contributed by atoms with Gasteiger partial charge in [0.25, 0.3) is 0 Å². The highest BCUT2D eigenvalue weighted by Gasteiger charge is 2.19. The quantitative estimate of drug-likeness (QED) is 0.551. The molecule has 4 aromatic rings. The number of nitrogen functional groups attached to an aromatic ring is 1. The molecule has 0 spiro atoms. The second-order valence-electron chi connectivity index (χ2n) is 8.58. The van der Waals surface area contributed by atoms with E-state index in [-0.39, 0.29) is 11.1 Å². The van der Waals surface area contributed by atoms with Crippen molar-refractivity contribution in [3.05, 3.63) is 65.2 Å². The number of nitrogens with two attached hydrogens (primary N) is 1. The highest BCUT2D eigenvalue weighted by molar-refractivity contribution is 5.76. The van der Waals surface area contributed by atoms with E-state index in [1.54, 1.807) is 34.5 Å². The summed E-state index contributed by atoms with van der Waals surface area (Å²) in [6.45, 7) is 6.96. The molecule has 0 saturated heterocycles. The number of ether oxygens (including phenoxy) is 1. The number of imidazole rings is 1. The number of anilines is 1. The molecule has 0 atom stereocenters. The van der Waals surface area contributed by atoms with Crippen LogP contribution in [0.1, 0.15) is 20.8 Å². The number of rotatable bonds is 4. The molecule has 0 aliphatic heterocycles. The zero-order chi connectivity index (χ0) is 21.5. The first-order valence-corrected chi connectivity index (χ1v) is 9.77. The maximum absolute atomic E-state index is 12.7. The molecule has 3 heterocycles. The summed E-state index contributed by atoms with van der Waals surface area (Å²) in [6.07, 6.45) is 1.60. The number of aromatic nitrogens is 4. The van der Waals surface area contributed by atoms with Crippen molar-refractivity contribution in [3.63, 3.8) is 0 Å². The second kappa shape index (κ2) is 7.33. The summed E-state index contributed by atoms with van der Waals surface area (Å²) in [6, 6.07) is 14.9. The van der Waals surface area contributed by atoms with Crippen LogP contribution in [-0.4, -0.2) is 19.1 Å². The third-order valence-electron chi connectivity index (χ3n) is 4.72. The first-order valence-electron chi connectivity index (χ1n) is 9.77. The van der Waals surface area contributed by atoms with Crippen LogP contribution in [0.2, 0.25) is 0 Å². The van der Waals surface area contributed by atoms with Crippen LogP contribution in [0, 0.1) is 5.41 Å². The Bertz CT molecular complexity index is 1280. The van der Waals surface area contributed by atoms with Gasteiger partial charge in [0.2, 0.25) is 5.88 Å². The molecule has 0 fully saturated rings. The summed E-state index contributed by atoms with van der Waals surface area (Å²) < 4.78 is 9.22. The second-order valence-corrected chi connectivity index (χ2v) is 8.58. The van der Waals surface area contributed by atoms with Crippen LogP contribution < -0.4 is 16.2 Å². The topological polar surface area (TPSA) is 88.0 Å². The fourth-order valence-corrected chi connectivity index (χ4v) is 3.38. The molecular formula is C23H25N5O2. The summed E-state index contributed by atoms with van der Waals surface area (Å²) in [4.78, 5) is 21.7. The zero-order valence-corrected chi connectivity index (χ0v) is 17.6. The number of hydrogen-bond donors (Lipinski definition) is 1. The van der Waals surface area contributed by atoms with Gasteiger partial charge in [0.05, 0.1) is 11.2 Å². The van der Waals surface area contributed by atoms with Gasteiger partial charge in [-0.1, -0.05) is 32.9 Å². The third-order valence-corrected chi connectivity index (χ3v) is 4.72. The average Bonchev–Trinajstić information content (AvgIpc) is 2.91. The normalized spacial score (nSPS) is 11.7. The van der Waals surface area contributed by atoms with Crippen molar-refractivity contribution in [1.82, 2.24) is 19.1 Å². The fourth-order valence-electron chi connectivity index (χ4n) is 3.38. The minimum Gasteiger partial charge on any atom is -0.439 e. The van der Waals surface area contributed by atoms with E-state index < -0.39 is 0 Å². The van der Waals surface area contributed by atoms with Gasteiger partial charge in [-0.15, -0.1) is 0 Å². The lowest BCUT2D eigenvalue weighted by atomic mass is 9.97. The summed E-state index contributed by atoms with van der Waals surface area (Å²) in [7, 11) is 1.76. The molecular weight excluding hydrogens is 378 g/mol. The summed E-state index contributed by atoms with van der Waals surface area (Å²) in [5.74, 6) is 1.06. The van der Waals surface area contributed by atoms with Crippen LogP contribution in [-0.2, 0) is 13.6 Å². The van der Waals surface area contributed by atoms with Gasteiger partial charge in [-0.2, -0.15) is 0 Å². The van der Waals surface area contributed by atoms with Gasteiger partial charge in [0.1, 0.15) is 5.75 Å². The van der Waals surface area contributed by atoms with E-state index in [4.69, 9.17) is 15.5 Å². The molecule has 7 nitrogen and oxygen atoms in total. The Balaban J connectivity index is 1.72. The van der Waals surface area contributed by atoms with Crippen molar-refractivity contribution < 1.29 is 4.74 Å². The molecule has 0 amide bonds. The fraction of sp³-hybridized carbons (Fsp3) is 0.261. The predicted molar refractivity (Wildman–Crippen MR) is 119 cm³/mol. The molecule has 1 aromatic carbocycles. The molecule has 3 aromatic heterocycles. The Morgan fingerprint density at radius 3 is 2.63 bits per heavy atom. The van der Waals surface area contributed by atoms with E-state index in [1.165, 1.54) is 0 Å². The minimum absolute atomic E-state index is 0.0165. The van der Waals surface area contributed by atoms with Crippen LogP contribution in [0.5, 0.6) is 11.6 Å². The van der Waals surface area contributed by atoms with Gasteiger partial charge in [-0.25, -0.2) is 14.8 Å². The van der Waals surface area contributed by atoms with Crippen molar-refractivity contribution in [2.75, 3.05) is 5.73 Å². The Labute approximate surface area is 174 Å². The highest BCUT2D eigenvalue weighted by Crippen LogP contribution is 2.28. The molecule has 2 N–H and O–H groups in total. The number of fused-ring (bicyclic) bond motifs is 1.